The summed E-state index contributed by atoms with van der Waals surface area (Å²) in [5, 5.41) is 3.59. The van der Waals surface area contributed by atoms with Crippen molar-refractivity contribution in [3.8, 4) is 0 Å². The summed E-state index contributed by atoms with van der Waals surface area (Å²) >= 11 is 0. The van der Waals surface area contributed by atoms with E-state index in [2.05, 4.69) is 15.2 Å². The molecule has 29 heavy (non-hydrogen) atoms. The van der Waals surface area contributed by atoms with Crippen LogP contribution in [0.1, 0.15) is 74.0 Å². The second kappa shape index (κ2) is 7.39. The van der Waals surface area contributed by atoms with Crippen LogP contribution >= 0.6 is 0 Å². The molecule has 2 aromatic rings. The number of aromatic nitrogens is 3. The molecule has 1 saturated carbocycles. The van der Waals surface area contributed by atoms with E-state index < -0.39 is 0 Å². The maximum absolute atomic E-state index is 12.4. The van der Waals surface area contributed by atoms with Crippen molar-refractivity contribution in [2.75, 3.05) is 18.4 Å². The van der Waals surface area contributed by atoms with Crippen LogP contribution in [0.3, 0.4) is 0 Å². The fourth-order valence-corrected chi connectivity index (χ4v) is 4.98. The van der Waals surface area contributed by atoms with E-state index in [0.717, 1.165) is 57.0 Å². The second-order valence-electron chi connectivity index (χ2n) is 8.79. The molecule has 2 aromatic heterocycles. The first-order valence-electron chi connectivity index (χ1n) is 11.0. The van der Waals surface area contributed by atoms with Crippen LogP contribution in [0.4, 0.5) is 5.82 Å². The standard InChI is InChI=1S/C23H29N5O/c1-2-19(29)28-13-3-9-23(15-28)10-6-18-20(23)26-21(17-4-5-17)27-22(18)25-14-16-7-11-24-12-8-16/h7-8,11-12,17H,2-6,9-10,13-15H2,1H3,(H,25,26,27). The Morgan fingerprint density at radius 2 is 2.07 bits per heavy atom. The molecular weight excluding hydrogens is 362 g/mol. The highest BCUT2D eigenvalue weighted by molar-refractivity contribution is 5.76. The summed E-state index contributed by atoms with van der Waals surface area (Å²) in [6, 6.07) is 4.07. The summed E-state index contributed by atoms with van der Waals surface area (Å²) in [6.07, 6.45) is 10.9. The van der Waals surface area contributed by atoms with E-state index in [-0.39, 0.29) is 11.3 Å². The zero-order valence-corrected chi connectivity index (χ0v) is 17.2. The zero-order valence-electron chi connectivity index (χ0n) is 17.2. The van der Waals surface area contributed by atoms with Gasteiger partial charge in [-0.05, 0) is 56.2 Å². The summed E-state index contributed by atoms with van der Waals surface area (Å²) < 4.78 is 0. The fraction of sp³-hybridized carbons (Fsp3) is 0.565. The molecule has 0 aromatic carbocycles. The number of nitrogens with one attached hydrogen (secondary N) is 1. The summed E-state index contributed by atoms with van der Waals surface area (Å²) in [5.41, 5.74) is 3.71. The van der Waals surface area contributed by atoms with Gasteiger partial charge in [0.2, 0.25) is 5.91 Å². The molecule has 6 nitrogen and oxygen atoms in total. The number of piperidine rings is 1. The Morgan fingerprint density at radius 3 is 2.83 bits per heavy atom. The van der Waals surface area contributed by atoms with Crippen LogP contribution in [0, 0.1) is 0 Å². The zero-order chi connectivity index (χ0) is 19.8. The van der Waals surface area contributed by atoms with Crippen molar-refractivity contribution in [3.05, 3.63) is 47.2 Å². The smallest absolute Gasteiger partial charge is 0.222 e. The molecule has 1 amide bonds. The van der Waals surface area contributed by atoms with E-state index in [1.807, 2.05) is 31.5 Å². The topological polar surface area (TPSA) is 71.0 Å². The van der Waals surface area contributed by atoms with Gasteiger partial charge in [-0.1, -0.05) is 6.92 Å². The first kappa shape index (κ1) is 18.5. The minimum absolute atomic E-state index is 0.0120. The minimum Gasteiger partial charge on any atom is -0.366 e. The highest BCUT2D eigenvalue weighted by Crippen LogP contribution is 2.48. The predicted octanol–water partition coefficient (Wildman–Crippen LogP) is 3.58. The Hall–Kier alpha value is -2.50. The number of fused-ring (bicyclic) bond motifs is 2. The van der Waals surface area contributed by atoms with Gasteiger partial charge in [-0.3, -0.25) is 9.78 Å². The second-order valence-corrected chi connectivity index (χ2v) is 8.79. The fourth-order valence-electron chi connectivity index (χ4n) is 4.98. The van der Waals surface area contributed by atoms with Crippen LogP contribution in [0.25, 0.3) is 0 Å². The lowest BCUT2D eigenvalue weighted by atomic mass is 9.77. The number of hydrogen-bond acceptors (Lipinski definition) is 5. The summed E-state index contributed by atoms with van der Waals surface area (Å²) in [6.45, 7) is 4.40. The number of nitrogens with zero attached hydrogens (tertiary/aromatic N) is 4. The van der Waals surface area contributed by atoms with Crippen LogP contribution in [0.5, 0.6) is 0 Å². The summed E-state index contributed by atoms with van der Waals surface area (Å²) in [4.78, 5) is 28.7. The third-order valence-corrected chi connectivity index (χ3v) is 6.76. The maximum Gasteiger partial charge on any atom is 0.222 e. The molecule has 1 unspecified atom stereocenters. The molecule has 0 radical (unpaired) electrons. The lowest BCUT2D eigenvalue weighted by Crippen LogP contribution is -2.47. The summed E-state index contributed by atoms with van der Waals surface area (Å²) in [7, 11) is 0. The molecular formula is C23H29N5O. The Morgan fingerprint density at radius 1 is 1.24 bits per heavy atom. The average molecular weight is 392 g/mol. The molecule has 3 aliphatic rings. The Bertz CT molecular complexity index is 911. The average Bonchev–Trinajstić information content (AvgIpc) is 3.57. The highest BCUT2D eigenvalue weighted by Gasteiger charge is 2.46. The largest absolute Gasteiger partial charge is 0.366 e. The van der Waals surface area contributed by atoms with Gasteiger partial charge in [0.1, 0.15) is 11.6 Å². The summed E-state index contributed by atoms with van der Waals surface area (Å²) in [5.74, 6) is 2.78. The molecule has 2 aliphatic carbocycles. The van der Waals surface area contributed by atoms with Crippen molar-refractivity contribution in [2.45, 2.75) is 69.7 Å². The number of anilines is 1. The normalized spacial score (nSPS) is 23.3. The van der Waals surface area contributed by atoms with E-state index in [0.29, 0.717) is 12.3 Å². The monoisotopic (exact) mass is 391 g/mol. The quantitative estimate of drug-likeness (QED) is 0.844. The predicted molar refractivity (Wildman–Crippen MR) is 112 cm³/mol. The first-order valence-corrected chi connectivity index (χ1v) is 11.0. The lowest BCUT2D eigenvalue weighted by Gasteiger charge is -2.40. The third kappa shape index (κ3) is 3.49. The first-order chi connectivity index (χ1) is 14.2. The van der Waals surface area contributed by atoms with Crippen LogP contribution < -0.4 is 5.32 Å². The van der Waals surface area contributed by atoms with Gasteiger partial charge in [-0.2, -0.15) is 0 Å². The van der Waals surface area contributed by atoms with Crippen molar-refractivity contribution in [2.24, 2.45) is 0 Å². The van der Waals surface area contributed by atoms with Crippen molar-refractivity contribution in [3.63, 3.8) is 0 Å². The number of amides is 1. The number of pyridine rings is 1. The molecule has 6 heteroatoms. The molecule has 152 valence electrons. The molecule has 1 aliphatic heterocycles. The number of likely N-dealkylation sites (tertiary alicyclic amines) is 1. The van der Waals surface area contributed by atoms with Crippen molar-refractivity contribution in [1.29, 1.82) is 0 Å². The van der Waals surface area contributed by atoms with Gasteiger partial charge in [0.15, 0.2) is 0 Å². The Kier molecular flexibility index (Phi) is 4.72. The molecule has 3 heterocycles. The van der Waals surface area contributed by atoms with Crippen LogP contribution in [0.2, 0.25) is 0 Å². The van der Waals surface area contributed by atoms with Crippen LogP contribution in [0.15, 0.2) is 24.5 Å². The van der Waals surface area contributed by atoms with E-state index in [4.69, 9.17) is 9.97 Å². The molecule has 1 atom stereocenters. The van der Waals surface area contributed by atoms with E-state index in [1.54, 1.807) is 0 Å². The van der Waals surface area contributed by atoms with Gasteiger partial charge < -0.3 is 10.2 Å². The molecule has 1 N–H and O–H groups in total. The van der Waals surface area contributed by atoms with Gasteiger partial charge in [-0.15, -0.1) is 0 Å². The van der Waals surface area contributed by atoms with Crippen LogP contribution in [-0.2, 0) is 23.2 Å². The molecule has 1 saturated heterocycles. The van der Waals surface area contributed by atoms with Gasteiger partial charge >= 0.3 is 0 Å². The van der Waals surface area contributed by atoms with E-state index in [9.17, 15) is 4.79 Å². The number of carbonyl (C=O) groups excluding carboxylic acids is 1. The minimum atomic E-state index is 0.0120. The number of rotatable bonds is 5. The molecule has 0 bridgehead atoms. The highest BCUT2D eigenvalue weighted by atomic mass is 16.2. The van der Waals surface area contributed by atoms with Gasteiger partial charge in [-0.25, -0.2) is 9.97 Å². The molecule has 2 fully saturated rings. The van der Waals surface area contributed by atoms with Crippen LogP contribution in [-0.4, -0.2) is 38.8 Å². The van der Waals surface area contributed by atoms with Crippen molar-refractivity contribution in [1.82, 2.24) is 19.9 Å². The van der Waals surface area contributed by atoms with Crippen molar-refractivity contribution >= 4 is 11.7 Å². The lowest BCUT2D eigenvalue weighted by molar-refractivity contribution is -0.133. The molecule has 1 spiro atoms. The number of carbonyl (C=O) groups is 1. The van der Waals surface area contributed by atoms with Gasteiger partial charge in [0.05, 0.1) is 5.69 Å². The maximum atomic E-state index is 12.4. The Balaban J connectivity index is 1.47. The van der Waals surface area contributed by atoms with Gasteiger partial charge in [0, 0.05) is 55.3 Å². The molecule has 5 rings (SSSR count). The van der Waals surface area contributed by atoms with Crippen molar-refractivity contribution < 1.29 is 4.79 Å². The third-order valence-electron chi connectivity index (χ3n) is 6.76. The van der Waals surface area contributed by atoms with E-state index >= 15 is 0 Å². The van der Waals surface area contributed by atoms with Gasteiger partial charge in [0.25, 0.3) is 0 Å². The van der Waals surface area contributed by atoms with E-state index in [1.165, 1.54) is 29.7 Å². The number of hydrogen-bond donors (Lipinski definition) is 1. The Labute approximate surface area is 172 Å². The SMILES string of the molecule is CCC(=O)N1CCCC2(CCc3c(NCc4ccncc4)nc(C4CC4)nc32)C1.